The van der Waals surface area contributed by atoms with Gasteiger partial charge in [-0.25, -0.2) is 8.78 Å². The lowest BCUT2D eigenvalue weighted by Gasteiger charge is -2.31. The van der Waals surface area contributed by atoms with E-state index in [-0.39, 0.29) is 33.8 Å². The Hall–Kier alpha value is -3.26. The van der Waals surface area contributed by atoms with E-state index in [0.29, 0.717) is 25.9 Å². The average Bonchev–Trinajstić information content (AvgIpc) is 3.25. The molecule has 2 aromatic carbocycles. The van der Waals surface area contributed by atoms with Gasteiger partial charge in [0.25, 0.3) is 11.8 Å². The van der Waals surface area contributed by atoms with Gasteiger partial charge >= 0.3 is 0 Å². The Balaban J connectivity index is 1.37. The van der Waals surface area contributed by atoms with Gasteiger partial charge in [0.05, 0.1) is 16.3 Å². The first kappa shape index (κ1) is 21.0. The zero-order valence-corrected chi connectivity index (χ0v) is 17.1. The van der Waals surface area contributed by atoms with Crippen LogP contribution >= 0.6 is 11.6 Å². The summed E-state index contributed by atoms with van der Waals surface area (Å²) in [4.78, 5) is 26.7. The number of nitrogens with one attached hydrogen (secondary N) is 2. The highest BCUT2D eigenvalue weighted by Crippen LogP contribution is 2.29. The number of carbonyl (C=O) groups excluding carboxylic acids is 2. The summed E-state index contributed by atoms with van der Waals surface area (Å²) in [7, 11) is 0. The SMILES string of the molecule is O=C(Nc1ccccc1F)c1cc(C2CCN(C(=O)c3ccc(F)cc3Cl)CC2)[nH]n1. The van der Waals surface area contributed by atoms with Crippen molar-refractivity contribution in [1.82, 2.24) is 15.1 Å². The summed E-state index contributed by atoms with van der Waals surface area (Å²) >= 11 is 6.01. The number of hydrogen-bond acceptors (Lipinski definition) is 3. The number of rotatable bonds is 4. The first-order valence-electron chi connectivity index (χ1n) is 9.78. The van der Waals surface area contributed by atoms with Gasteiger partial charge in [-0.05, 0) is 49.2 Å². The van der Waals surface area contributed by atoms with Crippen LogP contribution in [-0.4, -0.2) is 40.0 Å². The number of nitrogens with zero attached hydrogens (tertiary/aromatic N) is 2. The van der Waals surface area contributed by atoms with Gasteiger partial charge in [-0.2, -0.15) is 5.10 Å². The van der Waals surface area contributed by atoms with Crippen LogP contribution in [0.15, 0.2) is 48.5 Å². The number of aromatic amines is 1. The molecule has 0 bridgehead atoms. The summed E-state index contributed by atoms with van der Waals surface area (Å²) in [5, 5.41) is 9.52. The summed E-state index contributed by atoms with van der Waals surface area (Å²) in [6.45, 7) is 0.986. The smallest absolute Gasteiger partial charge is 0.276 e. The van der Waals surface area contributed by atoms with E-state index in [0.717, 1.165) is 11.8 Å². The second kappa shape index (κ2) is 8.85. The molecular formula is C22H19ClF2N4O2. The number of benzene rings is 2. The molecule has 0 saturated carbocycles. The van der Waals surface area contributed by atoms with Crippen LogP contribution in [0.3, 0.4) is 0 Å². The van der Waals surface area contributed by atoms with Crippen molar-refractivity contribution in [3.63, 3.8) is 0 Å². The number of H-pyrrole nitrogens is 1. The highest BCUT2D eigenvalue weighted by Gasteiger charge is 2.27. The van der Waals surface area contributed by atoms with Crippen molar-refractivity contribution in [2.24, 2.45) is 0 Å². The summed E-state index contributed by atoms with van der Waals surface area (Å²) in [5.41, 5.74) is 1.30. The van der Waals surface area contributed by atoms with Crippen LogP contribution in [0.4, 0.5) is 14.5 Å². The van der Waals surface area contributed by atoms with E-state index < -0.39 is 17.5 Å². The Morgan fingerprint density at radius 1 is 1.10 bits per heavy atom. The fraction of sp³-hybridized carbons (Fsp3) is 0.227. The summed E-state index contributed by atoms with van der Waals surface area (Å²) in [6.07, 6.45) is 1.34. The molecule has 1 fully saturated rings. The first-order chi connectivity index (χ1) is 14.9. The Kier molecular flexibility index (Phi) is 5.99. The molecule has 2 N–H and O–H groups in total. The maximum Gasteiger partial charge on any atom is 0.276 e. The molecule has 160 valence electrons. The number of para-hydroxylation sites is 1. The van der Waals surface area contributed by atoms with Crippen LogP contribution in [0, 0.1) is 11.6 Å². The lowest BCUT2D eigenvalue weighted by Crippen LogP contribution is -2.38. The Morgan fingerprint density at radius 2 is 1.84 bits per heavy atom. The quantitative estimate of drug-likeness (QED) is 0.616. The van der Waals surface area contributed by atoms with Crippen LogP contribution < -0.4 is 5.32 Å². The fourth-order valence-electron chi connectivity index (χ4n) is 3.64. The molecule has 6 nitrogen and oxygen atoms in total. The largest absolute Gasteiger partial charge is 0.339 e. The fourth-order valence-corrected chi connectivity index (χ4v) is 3.89. The van der Waals surface area contributed by atoms with Gasteiger partial charge in [0.2, 0.25) is 0 Å². The molecule has 0 atom stereocenters. The van der Waals surface area contributed by atoms with Crippen molar-refractivity contribution < 1.29 is 18.4 Å². The van der Waals surface area contributed by atoms with Gasteiger partial charge < -0.3 is 10.2 Å². The maximum atomic E-state index is 13.7. The highest BCUT2D eigenvalue weighted by atomic mass is 35.5. The second-order valence-corrected chi connectivity index (χ2v) is 7.74. The molecule has 1 aliphatic heterocycles. The zero-order chi connectivity index (χ0) is 22.0. The van der Waals surface area contributed by atoms with E-state index in [1.54, 1.807) is 23.1 Å². The second-order valence-electron chi connectivity index (χ2n) is 7.33. The first-order valence-corrected chi connectivity index (χ1v) is 10.2. The zero-order valence-electron chi connectivity index (χ0n) is 16.4. The van der Waals surface area contributed by atoms with E-state index >= 15 is 0 Å². The molecule has 1 aliphatic rings. The van der Waals surface area contributed by atoms with Crippen LogP contribution in [0.25, 0.3) is 0 Å². The molecule has 1 saturated heterocycles. The predicted octanol–water partition coefficient (Wildman–Crippen LogP) is 4.61. The minimum atomic E-state index is -0.523. The van der Waals surface area contributed by atoms with Gasteiger partial charge in [0.15, 0.2) is 5.69 Å². The summed E-state index contributed by atoms with van der Waals surface area (Å²) in [6, 6.07) is 11.3. The van der Waals surface area contributed by atoms with E-state index in [1.165, 1.54) is 24.3 Å². The molecule has 1 aromatic heterocycles. The number of piperidine rings is 1. The van der Waals surface area contributed by atoms with Crippen LogP contribution in [0.1, 0.15) is 45.3 Å². The van der Waals surface area contributed by atoms with Crippen molar-refractivity contribution in [2.45, 2.75) is 18.8 Å². The predicted molar refractivity (Wildman–Crippen MR) is 112 cm³/mol. The number of halogens is 3. The molecule has 9 heteroatoms. The molecule has 3 aromatic rings. The van der Waals surface area contributed by atoms with Crippen molar-refractivity contribution in [2.75, 3.05) is 18.4 Å². The molecular weight excluding hydrogens is 426 g/mol. The number of amides is 2. The van der Waals surface area contributed by atoms with E-state index in [9.17, 15) is 18.4 Å². The van der Waals surface area contributed by atoms with Crippen molar-refractivity contribution in [3.05, 3.63) is 82.1 Å². The monoisotopic (exact) mass is 444 g/mol. The van der Waals surface area contributed by atoms with Gasteiger partial charge in [0, 0.05) is 24.7 Å². The maximum absolute atomic E-state index is 13.7. The summed E-state index contributed by atoms with van der Waals surface area (Å²) in [5.74, 6) is -1.67. The molecule has 31 heavy (non-hydrogen) atoms. The minimum absolute atomic E-state index is 0.0864. The standard InChI is InChI=1S/C22H19ClF2N4O2/c23-16-11-14(24)5-6-15(16)22(31)29-9-7-13(8-10-29)19-12-20(28-27-19)21(30)26-18-4-2-1-3-17(18)25/h1-6,11-13H,7-10H2,(H,26,30)(H,27,28). The van der Waals surface area contributed by atoms with Gasteiger partial charge in [-0.3, -0.25) is 14.7 Å². The number of likely N-dealkylation sites (tertiary alicyclic amines) is 1. The van der Waals surface area contributed by atoms with E-state index in [4.69, 9.17) is 11.6 Å². The topological polar surface area (TPSA) is 78.1 Å². The number of anilines is 1. The summed E-state index contributed by atoms with van der Waals surface area (Å²) < 4.78 is 27.0. The van der Waals surface area contributed by atoms with Crippen molar-refractivity contribution in [3.8, 4) is 0 Å². The minimum Gasteiger partial charge on any atom is -0.339 e. The Bertz CT molecular complexity index is 1130. The van der Waals surface area contributed by atoms with Gasteiger partial charge in [-0.1, -0.05) is 23.7 Å². The molecule has 0 unspecified atom stereocenters. The lowest BCUT2D eigenvalue weighted by molar-refractivity contribution is 0.0712. The third-order valence-electron chi connectivity index (χ3n) is 5.34. The van der Waals surface area contributed by atoms with E-state index in [1.807, 2.05) is 0 Å². The van der Waals surface area contributed by atoms with Crippen molar-refractivity contribution >= 4 is 29.1 Å². The Morgan fingerprint density at radius 3 is 2.55 bits per heavy atom. The molecule has 2 heterocycles. The Labute approximate surface area is 182 Å². The van der Waals surface area contributed by atoms with Crippen LogP contribution in [0.2, 0.25) is 5.02 Å². The molecule has 2 amide bonds. The molecule has 0 spiro atoms. The average molecular weight is 445 g/mol. The molecule has 0 radical (unpaired) electrons. The molecule has 0 aliphatic carbocycles. The third kappa shape index (κ3) is 4.59. The van der Waals surface area contributed by atoms with E-state index in [2.05, 4.69) is 15.5 Å². The van der Waals surface area contributed by atoms with Crippen LogP contribution in [0.5, 0.6) is 0 Å². The van der Waals surface area contributed by atoms with Gasteiger partial charge in [-0.15, -0.1) is 0 Å². The third-order valence-corrected chi connectivity index (χ3v) is 5.65. The molecule has 4 rings (SSSR count). The number of hydrogen-bond donors (Lipinski definition) is 2. The number of carbonyl (C=O) groups is 2. The van der Waals surface area contributed by atoms with Crippen LogP contribution in [-0.2, 0) is 0 Å². The van der Waals surface area contributed by atoms with Gasteiger partial charge in [0.1, 0.15) is 11.6 Å². The normalized spacial score (nSPS) is 14.5. The highest BCUT2D eigenvalue weighted by molar-refractivity contribution is 6.33. The number of aromatic nitrogens is 2. The lowest BCUT2D eigenvalue weighted by atomic mass is 9.93. The van der Waals surface area contributed by atoms with Crippen molar-refractivity contribution in [1.29, 1.82) is 0 Å².